The molecule has 20 heavy (non-hydrogen) atoms. The maximum atomic E-state index is 6.35. The van der Waals surface area contributed by atoms with Gasteiger partial charge >= 0.3 is 0 Å². The number of hydrogen-bond acceptors (Lipinski definition) is 1. The summed E-state index contributed by atoms with van der Waals surface area (Å²) in [5.74, 6) is 0. The molecule has 0 aromatic carbocycles. The molecule has 1 unspecified atom stereocenters. The molecular formula is C17H40N2O+2. The number of quaternary nitrogens is 2. The Hall–Kier alpha value is -0.120. The van der Waals surface area contributed by atoms with Crippen LogP contribution < -0.4 is 0 Å². The summed E-state index contributed by atoms with van der Waals surface area (Å²) in [6, 6.07) is 0. The molecule has 0 amide bonds. The maximum Gasteiger partial charge on any atom is 0.155 e. The minimum atomic E-state index is 0.344. The van der Waals surface area contributed by atoms with Crippen LogP contribution in [-0.2, 0) is 4.74 Å². The zero-order valence-electron chi connectivity index (χ0n) is 15.4. The Morgan fingerprint density at radius 3 is 1.70 bits per heavy atom. The summed E-state index contributed by atoms with van der Waals surface area (Å²) in [5.41, 5.74) is 0. The molecule has 0 rings (SSSR count). The Kier molecular flexibility index (Phi) is 8.96. The lowest BCUT2D eigenvalue weighted by molar-refractivity contribution is -0.896. The van der Waals surface area contributed by atoms with Crippen LogP contribution in [0.15, 0.2) is 0 Å². The topological polar surface area (TPSA) is 9.23 Å². The van der Waals surface area contributed by atoms with Crippen LogP contribution >= 0.6 is 0 Å². The van der Waals surface area contributed by atoms with Crippen LogP contribution in [0.1, 0.15) is 46.0 Å². The first kappa shape index (κ1) is 19.9. The lowest BCUT2D eigenvalue weighted by Crippen LogP contribution is -2.51. The lowest BCUT2D eigenvalue weighted by Gasteiger charge is -2.35. The summed E-state index contributed by atoms with van der Waals surface area (Å²) in [5, 5.41) is 0. The summed E-state index contributed by atoms with van der Waals surface area (Å²) in [4.78, 5) is 0. The molecule has 3 heteroatoms. The molecule has 0 aromatic heterocycles. The summed E-state index contributed by atoms with van der Waals surface area (Å²) in [7, 11) is 13.5. The molecule has 122 valence electrons. The van der Waals surface area contributed by atoms with E-state index in [0.717, 1.165) is 22.1 Å². The number of ether oxygens (including phenoxy) is 1. The number of rotatable bonds is 11. The van der Waals surface area contributed by atoms with Gasteiger partial charge in [-0.2, -0.15) is 0 Å². The van der Waals surface area contributed by atoms with Crippen LogP contribution in [0.4, 0.5) is 0 Å². The van der Waals surface area contributed by atoms with Crippen molar-refractivity contribution in [3.05, 3.63) is 0 Å². The Labute approximate surface area is 128 Å². The van der Waals surface area contributed by atoms with Crippen LogP contribution in [0, 0.1) is 0 Å². The van der Waals surface area contributed by atoms with Gasteiger partial charge in [0.1, 0.15) is 13.1 Å². The van der Waals surface area contributed by atoms with Crippen molar-refractivity contribution in [2.24, 2.45) is 0 Å². The van der Waals surface area contributed by atoms with E-state index in [-0.39, 0.29) is 0 Å². The van der Waals surface area contributed by atoms with Gasteiger partial charge in [0.15, 0.2) is 6.10 Å². The molecule has 0 radical (unpaired) electrons. The molecule has 0 heterocycles. The largest absolute Gasteiger partial charge is 0.363 e. The first-order valence-corrected chi connectivity index (χ1v) is 8.30. The number of likely N-dealkylation sites (N-methyl/N-ethyl adjacent to an activating group) is 2. The molecule has 0 aliphatic carbocycles. The van der Waals surface area contributed by atoms with Crippen LogP contribution in [0.25, 0.3) is 0 Å². The van der Waals surface area contributed by atoms with Gasteiger partial charge in [0.25, 0.3) is 0 Å². The summed E-state index contributed by atoms with van der Waals surface area (Å²) < 4.78 is 8.28. The number of unbranched alkanes of at least 4 members (excludes halogenated alkanes) is 3. The van der Waals surface area contributed by atoms with Crippen molar-refractivity contribution in [2.45, 2.75) is 58.2 Å². The van der Waals surface area contributed by atoms with Gasteiger partial charge in [-0.3, -0.25) is 0 Å². The van der Waals surface area contributed by atoms with Gasteiger partial charge in [-0.15, -0.1) is 0 Å². The third kappa shape index (κ3) is 12.9. The van der Waals surface area contributed by atoms with E-state index in [2.05, 4.69) is 56.1 Å². The first-order valence-electron chi connectivity index (χ1n) is 8.30. The van der Waals surface area contributed by atoms with Crippen molar-refractivity contribution in [3.63, 3.8) is 0 Å². The fraction of sp³-hybridized carbons (Fsp3) is 1.00. The third-order valence-corrected chi connectivity index (χ3v) is 3.39. The smallest absolute Gasteiger partial charge is 0.155 e. The van der Waals surface area contributed by atoms with E-state index in [1.54, 1.807) is 0 Å². The van der Waals surface area contributed by atoms with Gasteiger partial charge in [-0.05, 0) is 13.3 Å². The van der Waals surface area contributed by atoms with Crippen molar-refractivity contribution >= 4 is 0 Å². The van der Waals surface area contributed by atoms with Crippen molar-refractivity contribution in [2.75, 3.05) is 55.4 Å². The highest BCUT2D eigenvalue weighted by molar-refractivity contribution is 4.60. The molecular weight excluding hydrogens is 248 g/mol. The van der Waals surface area contributed by atoms with E-state index < -0.39 is 0 Å². The fourth-order valence-corrected chi connectivity index (χ4v) is 2.62. The van der Waals surface area contributed by atoms with Crippen LogP contribution in [0.2, 0.25) is 0 Å². The third-order valence-electron chi connectivity index (χ3n) is 3.39. The van der Waals surface area contributed by atoms with E-state index in [4.69, 9.17) is 4.74 Å². The number of nitrogens with zero attached hydrogens (tertiary/aromatic N) is 2. The zero-order valence-corrected chi connectivity index (χ0v) is 15.4. The van der Waals surface area contributed by atoms with E-state index in [1.165, 1.54) is 32.1 Å². The lowest BCUT2D eigenvalue weighted by atomic mass is 10.1. The van der Waals surface area contributed by atoms with Crippen LogP contribution in [0.5, 0.6) is 0 Å². The molecule has 0 aliphatic heterocycles. The average Bonchev–Trinajstić information content (AvgIpc) is 2.19. The van der Waals surface area contributed by atoms with E-state index in [1.807, 2.05) is 0 Å². The molecule has 0 spiro atoms. The maximum absolute atomic E-state index is 6.35. The average molecular weight is 289 g/mol. The standard InChI is InChI=1S/C17H40N2O/c1-9-10-11-12-13-16(2)20-17(14-18(3,4)5)15-19(6,7)8/h16-17H,9-15H2,1-8H3/q+2. The van der Waals surface area contributed by atoms with Crippen LogP contribution in [0.3, 0.4) is 0 Å². The predicted molar refractivity (Wildman–Crippen MR) is 88.9 cm³/mol. The monoisotopic (exact) mass is 288 g/mol. The van der Waals surface area contributed by atoms with Crippen molar-refractivity contribution in [1.82, 2.24) is 0 Å². The van der Waals surface area contributed by atoms with E-state index in [0.29, 0.717) is 12.2 Å². The molecule has 0 aromatic rings. The molecule has 0 fully saturated rings. The second kappa shape index (κ2) is 9.01. The second-order valence-corrected chi connectivity index (χ2v) is 8.36. The molecule has 0 saturated carbocycles. The minimum absolute atomic E-state index is 0.344. The van der Waals surface area contributed by atoms with Crippen LogP contribution in [-0.4, -0.2) is 76.5 Å². The molecule has 1 atom stereocenters. The molecule has 3 nitrogen and oxygen atoms in total. The van der Waals surface area contributed by atoms with E-state index in [9.17, 15) is 0 Å². The Balaban J connectivity index is 4.26. The zero-order chi connectivity index (χ0) is 15.8. The van der Waals surface area contributed by atoms with Crippen molar-refractivity contribution < 1.29 is 13.7 Å². The van der Waals surface area contributed by atoms with Gasteiger partial charge in [0, 0.05) is 0 Å². The Morgan fingerprint density at radius 1 is 0.800 bits per heavy atom. The highest BCUT2D eigenvalue weighted by atomic mass is 16.5. The second-order valence-electron chi connectivity index (χ2n) is 8.36. The van der Waals surface area contributed by atoms with Crippen molar-refractivity contribution in [3.8, 4) is 0 Å². The summed E-state index contributed by atoms with van der Waals surface area (Å²) in [6.45, 7) is 6.66. The Bertz CT molecular complexity index is 224. The minimum Gasteiger partial charge on any atom is -0.363 e. The number of hydrogen-bond donors (Lipinski definition) is 0. The van der Waals surface area contributed by atoms with Gasteiger partial charge < -0.3 is 13.7 Å². The molecule has 0 N–H and O–H groups in total. The first-order chi connectivity index (χ1) is 9.03. The van der Waals surface area contributed by atoms with Gasteiger partial charge in [-0.25, -0.2) is 0 Å². The quantitative estimate of drug-likeness (QED) is 0.419. The molecule has 0 saturated heterocycles. The van der Waals surface area contributed by atoms with Crippen molar-refractivity contribution in [1.29, 1.82) is 0 Å². The normalized spacial score (nSPS) is 14.8. The van der Waals surface area contributed by atoms with E-state index >= 15 is 0 Å². The predicted octanol–water partition coefficient (Wildman–Crippen LogP) is 3.14. The SMILES string of the molecule is CCCCCCC(C)OC(C[N+](C)(C)C)C[N+](C)(C)C. The van der Waals surface area contributed by atoms with Gasteiger partial charge in [-0.1, -0.05) is 32.6 Å². The highest BCUT2D eigenvalue weighted by Gasteiger charge is 2.26. The Morgan fingerprint density at radius 2 is 1.30 bits per heavy atom. The van der Waals surface area contributed by atoms with Gasteiger partial charge in [0.2, 0.25) is 0 Å². The summed E-state index contributed by atoms with van der Waals surface area (Å²) in [6.07, 6.45) is 7.24. The highest BCUT2D eigenvalue weighted by Crippen LogP contribution is 2.13. The van der Waals surface area contributed by atoms with Gasteiger partial charge in [0.05, 0.1) is 48.4 Å². The fourth-order valence-electron chi connectivity index (χ4n) is 2.62. The molecule has 0 aliphatic rings. The molecule has 0 bridgehead atoms. The summed E-state index contributed by atoms with van der Waals surface area (Å²) >= 11 is 0.